The van der Waals surface area contributed by atoms with Crippen LogP contribution < -0.4 is 0 Å². The van der Waals surface area contributed by atoms with E-state index >= 15 is 0 Å². The fraction of sp³-hybridized carbons (Fsp3) is 0.364. The molecule has 2 N–H and O–H groups in total. The Labute approximate surface area is 119 Å². The Kier molecular flexibility index (Phi) is 5.69. The quantitative estimate of drug-likeness (QED) is 0.662. The summed E-state index contributed by atoms with van der Waals surface area (Å²) in [7, 11) is 0. The molecule has 100 valence electrons. The molecule has 2 atom stereocenters. The highest BCUT2D eigenvalue weighted by Crippen LogP contribution is 2.36. The van der Waals surface area contributed by atoms with E-state index in [1.807, 2.05) is 0 Å². The minimum Gasteiger partial charge on any atom is -0.464 e. The lowest BCUT2D eigenvalue weighted by atomic mass is 10.0. The highest BCUT2D eigenvalue weighted by Gasteiger charge is 2.30. The Morgan fingerprint density at radius 2 is 1.83 bits per heavy atom. The van der Waals surface area contributed by atoms with Crippen molar-refractivity contribution in [1.29, 1.82) is 0 Å². The molecular formula is C11H11Cl3O4. The summed E-state index contributed by atoms with van der Waals surface area (Å²) in [5.74, 6) is -0.961. The molecule has 0 amide bonds. The first-order chi connectivity index (χ1) is 8.40. The second-order valence-electron chi connectivity index (χ2n) is 3.40. The molecule has 1 aromatic carbocycles. The van der Waals surface area contributed by atoms with E-state index in [1.165, 1.54) is 12.1 Å². The van der Waals surface area contributed by atoms with Gasteiger partial charge in [0.15, 0.2) is 6.10 Å². The number of rotatable bonds is 4. The Hall–Kier alpha value is -0.520. The van der Waals surface area contributed by atoms with Gasteiger partial charge in [0.25, 0.3) is 0 Å². The van der Waals surface area contributed by atoms with Crippen molar-refractivity contribution >= 4 is 40.8 Å². The average molecular weight is 314 g/mol. The van der Waals surface area contributed by atoms with Gasteiger partial charge in [-0.1, -0.05) is 34.8 Å². The molecule has 0 fully saturated rings. The number of carbonyl (C=O) groups is 1. The lowest BCUT2D eigenvalue weighted by Crippen LogP contribution is -2.30. The van der Waals surface area contributed by atoms with Gasteiger partial charge in [-0.05, 0) is 19.1 Å². The minimum atomic E-state index is -1.78. The number of carbonyl (C=O) groups excluding carboxylic acids is 1. The van der Waals surface area contributed by atoms with Gasteiger partial charge < -0.3 is 14.9 Å². The Morgan fingerprint density at radius 1 is 1.28 bits per heavy atom. The summed E-state index contributed by atoms with van der Waals surface area (Å²) in [4.78, 5) is 11.3. The number of ether oxygens (including phenoxy) is 1. The summed E-state index contributed by atoms with van der Waals surface area (Å²) in [6.07, 6.45) is -3.39. The van der Waals surface area contributed by atoms with E-state index in [0.717, 1.165) is 0 Å². The van der Waals surface area contributed by atoms with Crippen LogP contribution in [0.5, 0.6) is 0 Å². The minimum absolute atomic E-state index is 0.00798. The summed E-state index contributed by atoms with van der Waals surface area (Å²) in [6.45, 7) is 1.66. The fourth-order valence-electron chi connectivity index (χ4n) is 1.33. The second kappa shape index (κ2) is 6.59. The van der Waals surface area contributed by atoms with Crippen molar-refractivity contribution < 1.29 is 19.7 Å². The zero-order valence-corrected chi connectivity index (χ0v) is 11.6. The van der Waals surface area contributed by atoms with Gasteiger partial charge in [-0.25, -0.2) is 4.79 Å². The van der Waals surface area contributed by atoms with Crippen molar-refractivity contribution in [3.05, 3.63) is 32.8 Å². The van der Waals surface area contributed by atoms with Gasteiger partial charge in [-0.15, -0.1) is 0 Å². The van der Waals surface area contributed by atoms with Gasteiger partial charge >= 0.3 is 5.97 Å². The van der Waals surface area contributed by atoms with Crippen LogP contribution in [0.4, 0.5) is 0 Å². The second-order valence-corrected chi connectivity index (χ2v) is 4.59. The molecule has 0 saturated carbocycles. The molecule has 0 heterocycles. The van der Waals surface area contributed by atoms with Gasteiger partial charge in [0, 0.05) is 10.6 Å². The van der Waals surface area contributed by atoms with Gasteiger partial charge in [-0.3, -0.25) is 0 Å². The van der Waals surface area contributed by atoms with Crippen LogP contribution in [0.15, 0.2) is 12.1 Å². The van der Waals surface area contributed by atoms with Crippen molar-refractivity contribution in [1.82, 2.24) is 0 Å². The van der Waals surface area contributed by atoms with Crippen LogP contribution in [0.3, 0.4) is 0 Å². The normalized spacial score (nSPS) is 14.1. The van der Waals surface area contributed by atoms with Crippen molar-refractivity contribution in [2.24, 2.45) is 0 Å². The van der Waals surface area contributed by atoms with Gasteiger partial charge in [0.05, 0.1) is 16.7 Å². The molecule has 0 aliphatic rings. The highest BCUT2D eigenvalue weighted by atomic mass is 35.5. The van der Waals surface area contributed by atoms with Crippen LogP contribution in [-0.4, -0.2) is 28.9 Å². The maximum absolute atomic E-state index is 11.3. The Morgan fingerprint density at radius 3 is 2.39 bits per heavy atom. The molecule has 18 heavy (non-hydrogen) atoms. The predicted octanol–water partition coefficient (Wildman–Crippen LogP) is 2.60. The number of hydrogen-bond acceptors (Lipinski definition) is 4. The van der Waals surface area contributed by atoms with Crippen LogP contribution in [-0.2, 0) is 9.53 Å². The van der Waals surface area contributed by atoms with Crippen molar-refractivity contribution in [2.45, 2.75) is 19.1 Å². The van der Waals surface area contributed by atoms with Crippen molar-refractivity contribution in [3.63, 3.8) is 0 Å². The van der Waals surface area contributed by atoms with E-state index in [4.69, 9.17) is 34.8 Å². The molecule has 0 aromatic heterocycles. The Bertz CT molecular complexity index is 450. The van der Waals surface area contributed by atoms with E-state index in [9.17, 15) is 15.0 Å². The standard InChI is InChI=1S/C11H11Cl3O4/c1-2-18-11(17)10(16)9(15)7-5(12)3-4-6(13)8(7)14/h3-4,9-10,15-16H,2H2,1H3. The summed E-state index contributed by atoms with van der Waals surface area (Å²) < 4.78 is 4.59. The molecule has 0 bridgehead atoms. The highest BCUT2D eigenvalue weighted by molar-refractivity contribution is 6.44. The molecule has 0 aliphatic heterocycles. The van der Waals surface area contributed by atoms with Crippen molar-refractivity contribution in [3.8, 4) is 0 Å². The summed E-state index contributed by atoms with van der Waals surface area (Å²) in [5.41, 5.74) is -0.00798. The third-order valence-electron chi connectivity index (χ3n) is 2.20. The molecule has 7 heteroatoms. The van der Waals surface area contributed by atoms with Gasteiger partial charge in [0.1, 0.15) is 6.10 Å². The van der Waals surface area contributed by atoms with Crippen LogP contribution >= 0.6 is 34.8 Å². The lowest BCUT2D eigenvalue weighted by molar-refractivity contribution is -0.159. The number of halogens is 3. The average Bonchev–Trinajstić information content (AvgIpc) is 2.33. The molecular weight excluding hydrogens is 302 g/mol. The largest absolute Gasteiger partial charge is 0.464 e. The SMILES string of the molecule is CCOC(=O)C(O)C(O)c1c(Cl)ccc(Cl)c1Cl. The summed E-state index contributed by atoms with van der Waals surface area (Å²) >= 11 is 17.5. The van der Waals surface area contributed by atoms with E-state index in [2.05, 4.69) is 4.74 Å². The first kappa shape index (κ1) is 15.5. The van der Waals surface area contributed by atoms with E-state index in [-0.39, 0.29) is 27.2 Å². The van der Waals surface area contributed by atoms with Crippen LogP contribution in [0.2, 0.25) is 15.1 Å². The number of benzene rings is 1. The number of aliphatic hydroxyl groups is 2. The van der Waals surface area contributed by atoms with E-state index in [1.54, 1.807) is 6.92 Å². The van der Waals surface area contributed by atoms with E-state index in [0.29, 0.717) is 0 Å². The third kappa shape index (κ3) is 3.28. The molecule has 1 rings (SSSR count). The topological polar surface area (TPSA) is 66.8 Å². The Balaban J connectivity index is 3.07. The number of esters is 1. The summed E-state index contributed by atoms with van der Waals surface area (Å²) in [6, 6.07) is 2.85. The first-order valence-electron chi connectivity index (χ1n) is 5.06. The predicted molar refractivity (Wildman–Crippen MR) is 69.1 cm³/mol. The molecule has 4 nitrogen and oxygen atoms in total. The number of aliphatic hydroxyl groups excluding tert-OH is 2. The monoisotopic (exact) mass is 312 g/mol. The zero-order valence-electron chi connectivity index (χ0n) is 9.36. The molecule has 0 spiro atoms. The van der Waals surface area contributed by atoms with Crippen LogP contribution in [0.25, 0.3) is 0 Å². The molecule has 0 radical (unpaired) electrons. The van der Waals surface area contributed by atoms with Crippen LogP contribution in [0, 0.1) is 0 Å². The molecule has 0 saturated heterocycles. The van der Waals surface area contributed by atoms with Gasteiger partial charge in [0.2, 0.25) is 0 Å². The van der Waals surface area contributed by atoms with Crippen LogP contribution in [0.1, 0.15) is 18.6 Å². The van der Waals surface area contributed by atoms with E-state index < -0.39 is 18.2 Å². The maximum atomic E-state index is 11.3. The third-order valence-corrected chi connectivity index (χ3v) is 3.35. The molecule has 1 aromatic rings. The smallest absolute Gasteiger partial charge is 0.338 e. The maximum Gasteiger partial charge on any atom is 0.338 e. The van der Waals surface area contributed by atoms with Gasteiger partial charge in [-0.2, -0.15) is 0 Å². The lowest BCUT2D eigenvalue weighted by Gasteiger charge is -2.19. The first-order valence-corrected chi connectivity index (χ1v) is 6.19. The molecule has 2 unspecified atom stereocenters. The van der Waals surface area contributed by atoms with Crippen molar-refractivity contribution in [2.75, 3.05) is 6.61 Å². The summed E-state index contributed by atoms with van der Waals surface area (Å²) in [5, 5.41) is 19.8. The fourth-order valence-corrected chi connectivity index (χ4v) is 2.09. The zero-order chi connectivity index (χ0) is 13.9. The molecule has 0 aliphatic carbocycles. The number of hydrogen-bond donors (Lipinski definition) is 2.